The zero-order valence-corrected chi connectivity index (χ0v) is 16.7. The number of amides is 1. The molecule has 0 radical (unpaired) electrons. The molecule has 0 aliphatic rings. The number of anilines is 1. The molecule has 0 bridgehead atoms. The van der Waals surface area contributed by atoms with Gasteiger partial charge in [0.05, 0.1) is 5.75 Å². The highest BCUT2D eigenvalue weighted by molar-refractivity contribution is 7.99. The Hall–Kier alpha value is -1.72. The van der Waals surface area contributed by atoms with Crippen LogP contribution in [0.3, 0.4) is 0 Å². The van der Waals surface area contributed by atoms with E-state index in [1.54, 1.807) is 12.1 Å². The van der Waals surface area contributed by atoms with Crippen molar-refractivity contribution in [1.29, 1.82) is 0 Å². The second-order valence-corrected chi connectivity index (χ2v) is 7.27. The van der Waals surface area contributed by atoms with Gasteiger partial charge in [-0.1, -0.05) is 29.8 Å². The first kappa shape index (κ1) is 20.6. The molecule has 0 atom stereocenters. The number of carbonyl (C=O) groups is 1. The third-order valence-corrected chi connectivity index (χ3v) is 5.28. The Morgan fingerprint density at radius 1 is 1.15 bits per heavy atom. The summed E-state index contributed by atoms with van der Waals surface area (Å²) in [5.41, 5.74) is 2.80. The Morgan fingerprint density at radius 2 is 1.85 bits per heavy atom. The molecular weight excluding hydrogens is 371 g/mol. The normalized spacial score (nSPS) is 10.6. The number of hydrogen-bond donors (Lipinski definition) is 1. The van der Waals surface area contributed by atoms with Crippen molar-refractivity contribution < 1.29 is 9.18 Å². The van der Waals surface area contributed by atoms with Crippen LogP contribution in [0.15, 0.2) is 42.5 Å². The molecule has 1 amide bonds. The molecule has 0 aliphatic heterocycles. The summed E-state index contributed by atoms with van der Waals surface area (Å²) in [5.74, 6) is 0.338. The van der Waals surface area contributed by atoms with Gasteiger partial charge in [-0.25, -0.2) is 4.39 Å². The van der Waals surface area contributed by atoms with Gasteiger partial charge in [0.2, 0.25) is 5.91 Å². The third kappa shape index (κ3) is 6.22. The molecule has 0 saturated heterocycles. The minimum absolute atomic E-state index is 0.0582. The molecule has 6 heteroatoms. The highest BCUT2D eigenvalue weighted by atomic mass is 35.5. The number of thioether (sulfide) groups is 1. The lowest BCUT2D eigenvalue weighted by Gasteiger charge is -2.21. The Kier molecular flexibility index (Phi) is 8.26. The van der Waals surface area contributed by atoms with Crippen molar-refractivity contribution in [3.63, 3.8) is 0 Å². The van der Waals surface area contributed by atoms with E-state index in [0.717, 1.165) is 18.7 Å². The number of nitrogens with zero attached hydrogens (tertiary/aromatic N) is 1. The first-order valence-corrected chi connectivity index (χ1v) is 10.2. The lowest BCUT2D eigenvalue weighted by atomic mass is 10.2. The Bertz CT molecular complexity index is 720. The van der Waals surface area contributed by atoms with Crippen LogP contribution in [0.2, 0.25) is 5.02 Å². The molecule has 26 heavy (non-hydrogen) atoms. The van der Waals surface area contributed by atoms with Crippen molar-refractivity contribution >= 4 is 35.0 Å². The van der Waals surface area contributed by atoms with Crippen LogP contribution in [0, 0.1) is 5.82 Å². The van der Waals surface area contributed by atoms with Gasteiger partial charge in [0, 0.05) is 36.1 Å². The van der Waals surface area contributed by atoms with E-state index < -0.39 is 0 Å². The van der Waals surface area contributed by atoms with Crippen molar-refractivity contribution in [1.82, 2.24) is 5.32 Å². The average molecular weight is 395 g/mol. The van der Waals surface area contributed by atoms with Crippen LogP contribution in [-0.4, -0.2) is 24.7 Å². The summed E-state index contributed by atoms with van der Waals surface area (Å²) in [6.07, 6.45) is 0. The van der Waals surface area contributed by atoms with Crippen LogP contribution in [0.25, 0.3) is 0 Å². The van der Waals surface area contributed by atoms with Crippen molar-refractivity contribution in [2.45, 2.75) is 26.1 Å². The van der Waals surface area contributed by atoms with Gasteiger partial charge in [-0.05, 0) is 49.2 Å². The maximum atomic E-state index is 13.7. The van der Waals surface area contributed by atoms with E-state index >= 15 is 0 Å². The van der Waals surface area contributed by atoms with Crippen molar-refractivity contribution in [2.24, 2.45) is 0 Å². The molecule has 0 saturated carbocycles. The second-order valence-electron chi connectivity index (χ2n) is 5.84. The van der Waals surface area contributed by atoms with E-state index in [4.69, 9.17) is 11.6 Å². The van der Waals surface area contributed by atoms with E-state index in [-0.39, 0.29) is 11.7 Å². The molecule has 0 spiro atoms. The van der Waals surface area contributed by atoms with Crippen LogP contribution in [0.5, 0.6) is 0 Å². The fourth-order valence-electron chi connectivity index (χ4n) is 2.56. The SMILES string of the molecule is CCN(CC)c1ccc(CNC(=O)CSCc2ccc(Cl)cc2F)cc1. The largest absolute Gasteiger partial charge is 0.372 e. The Morgan fingerprint density at radius 3 is 2.46 bits per heavy atom. The monoisotopic (exact) mass is 394 g/mol. The van der Waals surface area contributed by atoms with E-state index in [9.17, 15) is 9.18 Å². The second kappa shape index (κ2) is 10.4. The van der Waals surface area contributed by atoms with Gasteiger partial charge in [0.15, 0.2) is 0 Å². The van der Waals surface area contributed by atoms with Gasteiger partial charge in [-0.3, -0.25) is 4.79 Å². The van der Waals surface area contributed by atoms with Crippen LogP contribution in [0.4, 0.5) is 10.1 Å². The minimum atomic E-state index is -0.335. The maximum absolute atomic E-state index is 13.7. The van der Waals surface area contributed by atoms with E-state index in [1.165, 1.54) is 23.5 Å². The number of halogens is 2. The standard InChI is InChI=1S/C20H24ClFN2OS/c1-3-24(4-2)18-9-5-15(6-10-18)12-23-20(25)14-26-13-16-7-8-17(21)11-19(16)22/h5-11H,3-4,12-14H2,1-2H3,(H,23,25). The predicted molar refractivity (Wildman–Crippen MR) is 109 cm³/mol. The van der Waals surface area contributed by atoms with Gasteiger partial charge in [0.25, 0.3) is 0 Å². The zero-order chi connectivity index (χ0) is 18.9. The molecule has 0 aromatic heterocycles. The van der Waals surface area contributed by atoms with Gasteiger partial charge >= 0.3 is 0 Å². The number of hydrogen-bond acceptors (Lipinski definition) is 3. The average Bonchev–Trinajstić information content (AvgIpc) is 2.64. The van der Waals surface area contributed by atoms with Crippen LogP contribution >= 0.6 is 23.4 Å². The first-order valence-electron chi connectivity index (χ1n) is 8.65. The summed E-state index contributed by atoms with van der Waals surface area (Å²) in [6, 6.07) is 12.8. The molecule has 1 N–H and O–H groups in total. The molecule has 0 heterocycles. The summed E-state index contributed by atoms with van der Waals surface area (Å²) in [5, 5.41) is 3.27. The summed E-state index contributed by atoms with van der Waals surface area (Å²) in [7, 11) is 0. The molecule has 2 rings (SSSR count). The first-order chi connectivity index (χ1) is 12.5. The fraction of sp³-hybridized carbons (Fsp3) is 0.350. The van der Waals surface area contributed by atoms with Gasteiger partial charge < -0.3 is 10.2 Å². The van der Waals surface area contributed by atoms with Crippen LogP contribution in [0.1, 0.15) is 25.0 Å². The van der Waals surface area contributed by atoms with Gasteiger partial charge in [0.1, 0.15) is 5.82 Å². The smallest absolute Gasteiger partial charge is 0.230 e. The topological polar surface area (TPSA) is 32.3 Å². The Balaban J connectivity index is 1.74. The lowest BCUT2D eigenvalue weighted by Crippen LogP contribution is -2.25. The molecular formula is C20H24ClFN2OS. The van der Waals surface area contributed by atoms with E-state index in [0.29, 0.717) is 28.6 Å². The van der Waals surface area contributed by atoms with Gasteiger partial charge in [-0.15, -0.1) is 11.8 Å². The molecule has 140 valence electrons. The van der Waals surface area contributed by atoms with Crippen LogP contribution in [-0.2, 0) is 17.1 Å². The fourth-order valence-corrected chi connectivity index (χ4v) is 3.56. The van der Waals surface area contributed by atoms with E-state index in [2.05, 4.69) is 36.2 Å². The zero-order valence-electron chi connectivity index (χ0n) is 15.1. The maximum Gasteiger partial charge on any atom is 0.230 e. The van der Waals surface area contributed by atoms with E-state index in [1.807, 2.05) is 12.1 Å². The molecule has 2 aromatic carbocycles. The number of carbonyl (C=O) groups excluding carboxylic acids is 1. The summed E-state index contributed by atoms with van der Waals surface area (Å²) < 4.78 is 13.7. The Labute approximate surface area is 163 Å². The molecule has 2 aromatic rings. The lowest BCUT2D eigenvalue weighted by molar-refractivity contribution is -0.118. The van der Waals surface area contributed by atoms with Gasteiger partial charge in [-0.2, -0.15) is 0 Å². The quantitative estimate of drug-likeness (QED) is 0.658. The number of benzene rings is 2. The molecule has 0 fully saturated rings. The highest BCUT2D eigenvalue weighted by Gasteiger charge is 2.07. The number of nitrogens with one attached hydrogen (secondary N) is 1. The summed E-state index contributed by atoms with van der Waals surface area (Å²) in [4.78, 5) is 14.2. The van der Waals surface area contributed by atoms with Crippen molar-refractivity contribution in [3.8, 4) is 0 Å². The minimum Gasteiger partial charge on any atom is -0.372 e. The predicted octanol–water partition coefficient (Wildman–Crippen LogP) is 4.87. The molecule has 3 nitrogen and oxygen atoms in total. The highest BCUT2D eigenvalue weighted by Crippen LogP contribution is 2.19. The van der Waals surface area contributed by atoms with Crippen molar-refractivity contribution in [2.75, 3.05) is 23.7 Å². The van der Waals surface area contributed by atoms with Crippen LogP contribution < -0.4 is 10.2 Å². The number of rotatable bonds is 9. The third-order valence-electron chi connectivity index (χ3n) is 4.06. The molecule has 0 unspecified atom stereocenters. The van der Waals surface area contributed by atoms with Crippen molar-refractivity contribution in [3.05, 3.63) is 64.4 Å². The molecule has 0 aliphatic carbocycles. The summed E-state index contributed by atoms with van der Waals surface area (Å²) >= 11 is 7.11. The summed E-state index contributed by atoms with van der Waals surface area (Å²) in [6.45, 7) is 6.69.